The van der Waals surface area contributed by atoms with Gasteiger partial charge in [0, 0.05) is 12.5 Å². The van der Waals surface area contributed by atoms with Gasteiger partial charge in [0.2, 0.25) is 0 Å². The lowest BCUT2D eigenvalue weighted by Gasteiger charge is -2.33. The van der Waals surface area contributed by atoms with Crippen molar-refractivity contribution in [3.8, 4) is 5.75 Å². The molecule has 22 heavy (non-hydrogen) atoms. The molecule has 1 atom stereocenters. The van der Waals surface area contributed by atoms with Gasteiger partial charge >= 0.3 is 0 Å². The predicted molar refractivity (Wildman–Crippen MR) is 92.0 cm³/mol. The number of nitrogens with zero attached hydrogens (tertiary/aromatic N) is 1. The average molecular weight is 349 g/mol. The molecule has 0 aliphatic carbocycles. The predicted octanol–water partition coefficient (Wildman–Crippen LogP) is 2.20. The van der Waals surface area contributed by atoms with Crippen LogP contribution in [0.3, 0.4) is 0 Å². The summed E-state index contributed by atoms with van der Waals surface area (Å²) >= 11 is 0. The number of rotatable bonds is 3. The van der Waals surface area contributed by atoms with Gasteiger partial charge in [-0.1, -0.05) is 6.07 Å². The van der Waals surface area contributed by atoms with Crippen LogP contribution in [0.15, 0.2) is 22.6 Å². The van der Waals surface area contributed by atoms with Gasteiger partial charge in [0.15, 0.2) is 5.84 Å². The number of nitrogens with one attached hydrogen (secondary N) is 2. The Morgan fingerprint density at radius 1 is 1.41 bits per heavy atom. The van der Waals surface area contributed by atoms with E-state index in [0.29, 0.717) is 29.5 Å². The Bertz CT molecular complexity index is 564. The highest BCUT2D eigenvalue weighted by Crippen LogP contribution is 2.46. The van der Waals surface area contributed by atoms with Crippen LogP contribution in [0.5, 0.6) is 5.75 Å². The third-order valence-electron chi connectivity index (χ3n) is 3.63. The molecule has 1 aromatic carbocycles. The van der Waals surface area contributed by atoms with Gasteiger partial charge in [0.05, 0.1) is 17.9 Å². The number of hydrogen-bond acceptors (Lipinski definition) is 7. The Labute approximate surface area is 137 Å². The molecule has 1 saturated heterocycles. The lowest BCUT2D eigenvalue weighted by atomic mass is 10.0. The molecule has 0 saturated carbocycles. The Morgan fingerprint density at radius 3 is 2.95 bits per heavy atom. The lowest BCUT2D eigenvalue weighted by Crippen LogP contribution is -2.33. The fourth-order valence-electron chi connectivity index (χ4n) is 2.63. The van der Waals surface area contributed by atoms with Crippen molar-refractivity contribution >= 4 is 34.9 Å². The van der Waals surface area contributed by atoms with Crippen molar-refractivity contribution in [2.24, 2.45) is 16.0 Å². The first kappa shape index (κ1) is 17.2. The molecule has 7 nitrogen and oxygen atoms in total. The van der Waals surface area contributed by atoms with Crippen LogP contribution in [0.1, 0.15) is 18.4 Å². The monoisotopic (exact) mass is 348 g/mol. The first-order chi connectivity index (χ1) is 10.1. The number of hydrogen-bond donors (Lipinski definition) is 5. The van der Waals surface area contributed by atoms with Crippen LogP contribution < -0.4 is 20.5 Å². The van der Waals surface area contributed by atoms with Gasteiger partial charge in [-0.05, 0) is 42.5 Å². The van der Waals surface area contributed by atoms with Crippen LogP contribution in [-0.2, 0) is 0 Å². The quantitative estimate of drug-likeness (QED) is 0.572. The summed E-state index contributed by atoms with van der Waals surface area (Å²) in [6.45, 7) is 2.63. The first-order valence-electron chi connectivity index (χ1n) is 6.93. The zero-order valence-corrected chi connectivity index (χ0v) is 13.6. The van der Waals surface area contributed by atoms with Crippen molar-refractivity contribution in [3.63, 3.8) is 0 Å². The van der Waals surface area contributed by atoms with Gasteiger partial charge in [0.25, 0.3) is 0 Å². The van der Waals surface area contributed by atoms with Crippen LogP contribution in [0.25, 0.3) is 0 Å². The van der Waals surface area contributed by atoms with Crippen molar-refractivity contribution in [2.75, 3.05) is 24.4 Å². The minimum atomic E-state index is -3.25. The van der Waals surface area contributed by atoms with Crippen molar-refractivity contribution in [3.05, 3.63) is 23.8 Å². The molecule has 6 N–H and O–H groups in total. The number of benzene rings is 1. The fraction of sp³-hybridized carbons (Fsp3) is 0.462. The average Bonchev–Trinajstić information content (AvgIpc) is 2.44. The molecule has 2 aliphatic heterocycles. The molecule has 1 aromatic rings. The van der Waals surface area contributed by atoms with E-state index in [9.17, 15) is 9.11 Å². The van der Waals surface area contributed by atoms with Crippen molar-refractivity contribution < 1.29 is 13.8 Å². The van der Waals surface area contributed by atoms with E-state index >= 15 is 0 Å². The van der Waals surface area contributed by atoms with E-state index < -0.39 is 11.0 Å². The highest BCUT2D eigenvalue weighted by atomic mass is 35.5. The fourth-order valence-corrected chi connectivity index (χ4v) is 3.50. The van der Waals surface area contributed by atoms with Crippen molar-refractivity contribution in [1.82, 2.24) is 5.32 Å². The molecule has 0 amide bonds. The summed E-state index contributed by atoms with van der Waals surface area (Å²) < 4.78 is 31.4. The van der Waals surface area contributed by atoms with E-state index in [2.05, 4.69) is 14.4 Å². The maximum absolute atomic E-state index is 9.63. The molecule has 2 aliphatic rings. The Morgan fingerprint density at radius 2 is 2.23 bits per heavy atom. The van der Waals surface area contributed by atoms with Crippen molar-refractivity contribution in [2.45, 2.75) is 12.8 Å². The van der Waals surface area contributed by atoms with Gasteiger partial charge < -0.3 is 15.8 Å². The highest BCUT2D eigenvalue weighted by molar-refractivity contribution is 8.24. The maximum atomic E-state index is 9.63. The Kier molecular flexibility index (Phi) is 5.41. The van der Waals surface area contributed by atoms with Crippen molar-refractivity contribution in [1.29, 1.82) is 0 Å². The molecular weight excluding hydrogens is 328 g/mol. The molecule has 1 fully saturated rings. The van der Waals surface area contributed by atoms with Crippen LogP contribution in [0.4, 0.5) is 5.69 Å². The van der Waals surface area contributed by atoms with E-state index in [1.54, 1.807) is 12.1 Å². The zero-order chi connectivity index (χ0) is 14.9. The number of anilines is 1. The zero-order valence-electron chi connectivity index (χ0n) is 12.0. The topological polar surface area (TPSA) is 112 Å². The number of ether oxygens (including phenoxy) is 1. The summed E-state index contributed by atoms with van der Waals surface area (Å²) in [4.78, 5) is 0. The second-order valence-corrected chi connectivity index (χ2v) is 6.72. The summed E-state index contributed by atoms with van der Waals surface area (Å²) in [5.41, 5.74) is 6.97. The minimum absolute atomic E-state index is 0. The Hall–Kier alpha value is -1.19. The maximum Gasteiger partial charge on any atom is 0.158 e. The highest BCUT2D eigenvalue weighted by Gasteiger charge is 2.25. The molecule has 0 aromatic heterocycles. The van der Waals surface area contributed by atoms with Gasteiger partial charge in [-0.2, -0.15) is 0 Å². The lowest BCUT2D eigenvalue weighted by molar-refractivity contribution is 0.218. The van der Waals surface area contributed by atoms with E-state index in [0.717, 1.165) is 25.9 Å². The largest absolute Gasteiger partial charge is 0.492 e. The molecule has 2 heterocycles. The van der Waals surface area contributed by atoms with Crippen LogP contribution in [0, 0.1) is 5.92 Å². The van der Waals surface area contributed by atoms with E-state index in [4.69, 9.17) is 10.5 Å². The standard InChI is InChI=1S/C13H20N4O3S.ClH/c14-13-12-10(16-21(18,19)17-13)4-1-5-11(12)20-8-9-3-2-6-15-7-9;/h1,4-5,9,15-16,18-19H,2-3,6-8H2,(H2,14,17);1H. The number of piperidine rings is 1. The van der Waals surface area contributed by atoms with Crippen LogP contribution in [0.2, 0.25) is 0 Å². The van der Waals surface area contributed by atoms with Gasteiger partial charge in [-0.25, -0.2) is 0 Å². The molecule has 0 bridgehead atoms. The second kappa shape index (κ2) is 6.93. The van der Waals surface area contributed by atoms with E-state index in [1.165, 1.54) is 0 Å². The smallest absolute Gasteiger partial charge is 0.158 e. The summed E-state index contributed by atoms with van der Waals surface area (Å²) in [5, 5.41) is 3.35. The normalized spacial score (nSPS) is 24.1. The second-order valence-electron chi connectivity index (χ2n) is 5.30. The first-order valence-corrected chi connectivity index (χ1v) is 8.44. The molecule has 3 rings (SSSR count). The molecule has 1 unspecified atom stereocenters. The molecule has 124 valence electrons. The molecule has 0 spiro atoms. The summed E-state index contributed by atoms with van der Waals surface area (Å²) in [5.74, 6) is 1.17. The molecule has 9 heteroatoms. The van der Waals surface area contributed by atoms with E-state index in [1.807, 2.05) is 6.07 Å². The third kappa shape index (κ3) is 3.76. The summed E-state index contributed by atoms with van der Waals surface area (Å²) in [7, 11) is -3.25. The summed E-state index contributed by atoms with van der Waals surface area (Å²) in [6, 6.07) is 5.32. The molecular formula is C13H21ClN4O3S. The van der Waals surface area contributed by atoms with Crippen LogP contribution in [-0.4, -0.2) is 34.6 Å². The number of halogens is 1. The van der Waals surface area contributed by atoms with Crippen LogP contribution >= 0.6 is 23.4 Å². The minimum Gasteiger partial charge on any atom is -0.492 e. The number of fused-ring (bicyclic) bond motifs is 1. The van der Waals surface area contributed by atoms with Gasteiger partial charge in [-0.15, -0.1) is 16.8 Å². The van der Waals surface area contributed by atoms with Gasteiger partial charge in [0.1, 0.15) is 5.75 Å². The Balaban J connectivity index is 0.00000176. The SMILES string of the molecule is Cl.NC1=NS(O)(O)Nc2cccc(OCC3CCCNC3)c21. The third-order valence-corrected chi connectivity index (χ3v) is 4.57. The summed E-state index contributed by atoms with van der Waals surface area (Å²) in [6.07, 6.45) is 2.30. The number of amidine groups is 1. The van der Waals surface area contributed by atoms with E-state index in [-0.39, 0.29) is 18.2 Å². The number of nitrogens with two attached hydrogens (primary N) is 1. The molecule has 0 radical (unpaired) electrons. The van der Waals surface area contributed by atoms with Gasteiger partial charge in [-0.3, -0.25) is 13.8 Å².